The Kier molecular flexibility index (Phi) is 7.60. The van der Waals surface area contributed by atoms with Gasteiger partial charge in [0.25, 0.3) is 10.0 Å². The van der Waals surface area contributed by atoms with Crippen molar-refractivity contribution >= 4 is 50.5 Å². The van der Waals surface area contributed by atoms with Crippen molar-refractivity contribution in [1.29, 1.82) is 0 Å². The molecule has 0 heterocycles. The second kappa shape index (κ2) is 10.8. The summed E-state index contributed by atoms with van der Waals surface area (Å²) in [6.07, 6.45) is 0. The van der Waals surface area contributed by atoms with Gasteiger partial charge in [0.15, 0.2) is 0 Å². The Morgan fingerprint density at radius 2 is 1.40 bits per heavy atom. The highest BCUT2D eigenvalue weighted by atomic mass is 35.5. The van der Waals surface area contributed by atoms with Crippen LogP contribution in [0.5, 0.6) is 11.5 Å². The Balaban J connectivity index is 1.54. The number of carbonyl (C=O) groups excluding carboxylic acids is 1. The molecule has 0 unspecified atom stereocenters. The summed E-state index contributed by atoms with van der Waals surface area (Å²) in [5.41, 5.74) is 0.622. The first-order chi connectivity index (χ1) is 16.8. The van der Waals surface area contributed by atoms with Crippen molar-refractivity contribution in [1.82, 2.24) is 0 Å². The summed E-state index contributed by atoms with van der Waals surface area (Å²) in [7, 11) is -4.09. The third kappa shape index (κ3) is 6.14. The average molecular weight is 527 g/mol. The molecule has 0 bridgehead atoms. The number of rotatable bonds is 8. The first kappa shape index (κ1) is 24.6. The number of ether oxygens (including phenoxy) is 1. The summed E-state index contributed by atoms with van der Waals surface area (Å²) in [6.45, 7) is -0.499. The molecule has 9 heteroatoms. The lowest BCUT2D eigenvalue weighted by atomic mass is 10.3. The van der Waals surface area contributed by atoms with Gasteiger partial charge in [-0.1, -0.05) is 59.6 Å². The Morgan fingerprint density at radius 3 is 2.03 bits per heavy atom. The molecule has 0 spiro atoms. The van der Waals surface area contributed by atoms with E-state index in [0.717, 1.165) is 4.31 Å². The lowest BCUT2D eigenvalue weighted by Gasteiger charge is -2.25. The molecule has 0 aliphatic rings. The predicted molar refractivity (Wildman–Crippen MR) is 139 cm³/mol. The largest absolute Gasteiger partial charge is 0.457 e. The molecule has 0 saturated carbocycles. The molecule has 1 N–H and O–H groups in total. The monoisotopic (exact) mass is 526 g/mol. The molecule has 4 aromatic carbocycles. The van der Waals surface area contributed by atoms with Gasteiger partial charge < -0.3 is 10.1 Å². The number of nitrogens with one attached hydrogen (secondary N) is 1. The fourth-order valence-electron chi connectivity index (χ4n) is 3.26. The summed E-state index contributed by atoms with van der Waals surface area (Å²) in [5.74, 6) is 0.730. The molecule has 0 atom stereocenters. The third-order valence-corrected chi connectivity index (χ3v) is 7.23. The van der Waals surface area contributed by atoms with E-state index >= 15 is 0 Å². The van der Waals surface area contributed by atoms with Gasteiger partial charge in [-0.05, 0) is 66.7 Å². The molecule has 1 amide bonds. The number of benzene rings is 4. The van der Waals surface area contributed by atoms with E-state index in [9.17, 15) is 13.2 Å². The van der Waals surface area contributed by atoms with Gasteiger partial charge in [-0.25, -0.2) is 8.42 Å². The smallest absolute Gasteiger partial charge is 0.264 e. The minimum absolute atomic E-state index is 0.0289. The van der Waals surface area contributed by atoms with Crippen LogP contribution in [0.2, 0.25) is 10.0 Å². The summed E-state index contributed by atoms with van der Waals surface area (Å²) in [6, 6.07) is 28.3. The summed E-state index contributed by atoms with van der Waals surface area (Å²) in [4.78, 5) is 12.9. The Labute approximate surface area is 213 Å². The van der Waals surface area contributed by atoms with Crippen LogP contribution in [-0.2, 0) is 14.8 Å². The number of hydrogen-bond acceptors (Lipinski definition) is 4. The van der Waals surface area contributed by atoms with E-state index in [2.05, 4.69) is 5.32 Å². The van der Waals surface area contributed by atoms with E-state index in [1.807, 2.05) is 30.3 Å². The summed E-state index contributed by atoms with van der Waals surface area (Å²) in [5, 5.41) is 3.17. The molecular formula is C26H20Cl2N2O4S. The maximum Gasteiger partial charge on any atom is 0.264 e. The van der Waals surface area contributed by atoms with Crippen molar-refractivity contribution in [3.05, 3.63) is 113 Å². The van der Waals surface area contributed by atoms with Gasteiger partial charge in [0.2, 0.25) is 5.91 Å². The molecule has 0 aromatic heterocycles. The lowest BCUT2D eigenvalue weighted by Crippen LogP contribution is -2.38. The topological polar surface area (TPSA) is 75.7 Å². The average Bonchev–Trinajstić information content (AvgIpc) is 2.85. The Bertz CT molecular complexity index is 1420. The normalized spacial score (nSPS) is 11.0. The van der Waals surface area contributed by atoms with Crippen LogP contribution in [0.4, 0.5) is 11.4 Å². The zero-order valence-electron chi connectivity index (χ0n) is 18.3. The van der Waals surface area contributed by atoms with Crippen molar-refractivity contribution in [2.45, 2.75) is 4.90 Å². The van der Waals surface area contributed by atoms with E-state index in [1.165, 1.54) is 30.3 Å². The van der Waals surface area contributed by atoms with Gasteiger partial charge >= 0.3 is 0 Å². The Hall–Kier alpha value is -3.52. The van der Waals surface area contributed by atoms with Gasteiger partial charge in [0, 0.05) is 10.7 Å². The highest BCUT2D eigenvalue weighted by Gasteiger charge is 2.28. The van der Waals surface area contributed by atoms with Crippen molar-refractivity contribution < 1.29 is 17.9 Å². The van der Waals surface area contributed by atoms with Crippen LogP contribution < -0.4 is 14.4 Å². The maximum absolute atomic E-state index is 13.4. The third-order valence-electron chi connectivity index (χ3n) is 4.91. The number of nitrogens with zero attached hydrogens (tertiary/aromatic N) is 1. The number of amides is 1. The molecule has 4 rings (SSSR count). The molecular weight excluding hydrogens is 507 g/mol. The number of sulfonamides is 1. The molecule has 0 radical (unpaired) electrons. The molecule has 0 aliphatic carbocycles. The highest BCUT2D eigenvalue weighted by molar-refractivity contribution is 7.92. The zero-order valence-corrected chi connectivity index (χ0v) is 20.6. The molecule has 6 nitrogen and oxygen atoms in total. The maximum atomic E-state index is 13.4. The van der Waals surface area contributed by atoms with E-state index in [-0.39, 0.29) is 15.6 Å². The number of anilines is 2. The fourth-order valence-corrected chi connectivity index (χ4v) is 5.29. The second-order valence-corrected chi connectivity index (χ2v) is 10.1. The summed E-state index contributed by atoms with van der Waals surface area (Å²) >= 11 is 12.3. The lowest BCUT2D eigenvalue weighted by molar-refractivity contribution is -0.114. The van der Waals surface area contributed by atoms with Crippen LogP contribution in [0.1, 0.15) is 0 Å². The minimum atomic E-state index is -4.09. The Morgan fingerprint density at radius 1 is 0.800 bits per heavy atom. The fraction of sp³-hybridized carbons (Fsp3) is 0.0385. The first-order valence-electron chi connectivity index (χ1n) is 10.5. The zero-order chi connectivity index (χ0) is 24.8. The summed E-state index contributed by atoms with van der Waals surface area (Å²) < 4.78 is 33.5. The van der Waals surface area contributed by atoms with Crippen molar-refractivity contribution in [2.24, 2.45) is 0 Å². The van der Waals surface area contributed by atoms with Crippen LogP contribution in [-0.4, -0.2) is 20.9 Å². The van der Waals surface area contributed by atoms with Crippen molar-refractivity contribution in [2.75, 3.05) is 16.2 Å². The van der Waals surface area contributed by atoms with E-state index in [1.54, 1.807) is 42.5 Å². The molecule has 0 aliphatic heterocycles. The van der Waals surface area contributed by atoms with Crippen LogP contribution in [0.25, 0.3) is 0 Å². The SMILES string of the molecule is O=C(CN(c1ccc(Cl)cc1Cl)S(=O)(=O)c1ccccc1)Nc1ccc(Oc2ccccc2)cc1. The quantitative estimate of drug-likeness (QED) is 0.280. The first-order valence-corrected chi connectivity index (χ1v) is 12.7. The number of para-hydroxylation sites is 1. The van der Waals surface area contributed by atoms with Crippen LogP contribution >= 0.6 is 23.2 Å². The van der Waals surface area contributed by atoms with Crippen molar-refractivity contribution in [3.8, 4) is 11.5 Å². The second-order valence-electron chi connectivity index (χ2n) is 7.41. The highest BCUT2D eigenvalue weighted by Crippen LogP contribution is 2.32. The van der Waals surface area contributed by atoms with Crippen LogP contribution in [0.15, 0.2) is 108 Å². The van der Waals surface area contributed by atoms with Crippen LogP contribution in [0, 0.1) is 0 Å². The number of carbonyl (C=O) groups is 1. The number of halogens is 2. The van der Waals surface area contributed by atoms with Gasteiger partial charge in [0.05, 0.1) is 15.6 Å². The van der Waals surface area contributed by atoms with Gasteiger partial charge in [-0.15, -0.1) is 0 Å². The predicted octanol–water partition coefficient (Wildman–Crippen LogP) is 6.62. The molecule has 0 fully saturated rings. The van der Waals surface area contributed by atoms with Gasteiger partial charge in [-0.3, -0.25) is 9.10 Å². The standard InChI is InChI=1S/C26H20Cl2N2O4S/c27-19-11-16-25(24(28)17-19)30(35(32,33)23-9-5-2-6-10-23)18-26(31)29-20-12-14-22(15-13-20)34-21-7-3-1-4-8-21/h1-17H,18H2,(H,29,31). The van der Waals surface area contributed by atoms with Crippen LogP contribution in [0.3, 0.4) is 0 Å². The van der Waals surface area contributed by atoms with E-state index in [0.29, 0.717) is 22.2 Å². The van der Waals surface area contributed by atoms with Gasteiger partial charge in [0.1, 0.15) is 18.0 Å². The molecule has 4 aromatic rings. The molecule has 0 saturated heterocycles. The van der Waals surface area contributed by atoms with Crippen molar-refractivity contribution in [3.63, 3.8) is 0 Å². The molecule has 35 heavy (non-hydrogen) atoms. The minimum Gasteiger partial charge on any atom is -0.457 e. The van der Waals surface area contributed by atoms with E-state index < -0.39 is 22.5 Å². The van der Waals surface area contributed by atoms with Gasteiger partial charge in [-0.2, -0.15) is 0 Å². The molecule has 178 valence electrons. The number of hydrogen-bond donors (Lipinski definition) is 1. The van der Waals surface area contributed by atoms with E-state index in [4.69, 9.17) is 27.9 Å².